The SMILES string of the molecule is OC[C@H]1CCCC2(CCCC2)C1O. The molecule has 2 fully saturated rings. The molecule has 13 heavy (non-hydrogen) atoms. The van der Waals surface area contributed by atoms with Gasteiger partial charge in [0, 0.05) is 12.5 Å². The van der Waals surface area contributed by atoms with Crippen LogP contribution in [0.2, 0.25) is 0 Å². The summed E-state index contributed by atoms with van der Waals surface area (Å²) in [6, 6.07) is 0. The van der Waals surface area contributed by atoms with E-state index in [9.17, 15) is 5.11 Å². The van der Waals surface area contributed by atoms with Gasteiger partial charge in [-0.05, 0) is 31.1 Å². The van der Waals surface area contributed by atoms with Crippen LogP contribution in [-0.4, -0.2) is 22.9 Å². The Hall–Kier alpha value is -0.0800. The molecule has 2 aliphatic carbocycles. The van der Waals surface area contributed by atoms with Crippen molar-refractivity contribution in [3.05, 3.63) is 0 Å². The van der Waals surface area contributed by atoms with Crippen molar-refractivity contribution in [2.75, 3.05) is 6.61 Å². The second kappa shape index (κ2) is 3.58. The molecule has 2 N–H and O–H groups in total. The molecule has 1 spiro atoms. The molecule has 1 unspecified atom stereocenters. The largest absolute Gasteiger partial charge is 0.396 e. The van der Waals surface area contributed by atoms with Crippen molar-refractivity contribution in [3.63, 3.8) is 0 Å². The van der Waals surface area contributed by atoms with Crippen LogP contribution in [0.25, 0.3) is 0 Å². The maximum Gasteiger partial charge on any atom is 0.0646 e. The fraction of sp³-hybridized carbons (Fsp3) is 1.00. The van der Waals surface area contributed by atoms with E-state index in [0.717, 1.165) is 6.42 Å². The Morgan fingerprint density at radius 2 is 1.69 bits per heavy atom. The van der Waals surface area contributed by atoms with Crippen molar-refractivity contribution in [1.82, 2.24) is 0 Å². The van der Waals surface area contributed by atoms with Gasteiger partial charge in [-0.15, -0.1) is 0 Å². The van der Waals surface area contributed by atoms with Crippen molar-refractivity contribution >= 4 is 0 Å². The van der Waals surface area contributed by atoms with Gasteiger partial charge >= 0.3 is 0 Å². The molecule has 2 aliphatic rings. The van der Waals surface area contributed by atoms with Crippen LogP contribution in [0, 0.1) is 11.3 Å². The molecule has 0 aromatic rings. The Balaban J connectivity index is 2.09. The fourth-order valence-electron chi connectivity index (χ4n) is 3.34. The second-order valence-corrected chi connectivity index (χ2v) is 4.85. The molecule has 0 bridgehead atoms. The van der Waals surface area contributed by atoms with Gasteiger partial charge in [-0.3, -0.25) is 0 Å². The lowest BCUT2D eigenvalue weighted by atomic mass is 9.66. The van der Waals surface area contributed by atoms with Crippen molar-refractivity contribution in [3.8, 4) is 0 Å². The van der Waals surface area contributed by atoms with Crippen molar-refractivity contribution in [2.24, 2.45) is 11.3 Å². The predicted octanol–water partition coefficient (Wildman–Crippen LogP) is 1.70. The fourth-order valence-corrected chi connectivity index (χ4v) is 3.34. The molecule has 2 saturated carbocycles. The van der Waals surface area contributed by atoms with E-state index in [4.69, 9.17) is 5.11 Å². The first-order valence-corrected chi connectivity index (χ1v) is 5.57. The van der Waals surface area contributed by atoms with Crippen molar-refractivity contribution in [1.29, 1.82) is 0 Å². The number of aliphatic hydroxyl groups excluding tert-OH is 2. The van der Waals surface area contributed by atoms with Gasteiger partial charge in [0.15, 0.2) is 0 Å². The first-order chi connectivity index (χ1) is 6.28. The Morgan fingerprint density at radius 1 is 1.08 bits per heavy atom. The van der Waals surface area contributed by atoms with Gasteiger partial charge in [0.05, 0.1) is 6.10 Å². The van der Waals surface area contributed by atoms with E-state index in [1.165, 1.54) is 38.5 Å². The minimum Gasteiger partial charge on any atom is -0.396 e. The molecule has 2 heteroatoms. The second-order valence-electron chi connectivity index (χ2n) is 4.85. The third kappa shape index (κ3) is 1.50. The van der Waals surface area contributed by atoms with Crippen LogP contribution in [0.4, 0.5) is 0 Å². The first kappa shape index (κ1) is 9.47. The van der Waals surface area contributed by atoms with Crippen LogP contribution in [0.3, 0.4) is 0 Å². The minimum atomic E-state index is -0.228. The number of hydrogen-bond acceptors (Lipinski definition) is 2. The molecule has 2 atom stereocenters. The predicted molar refractivity (Wildman–Crippen MR) is 51.3 cm³/mol. The molecule has 76 valence electrons. The van der Waals surface area contributed by atoms with Crippen LogP contribution < -0.4 is 0 Å². The number of aliphatic hydroxyl groups is 2. The van der Waals surface area contributed by atoms with Crippen molar-refractivity contribution in [2.45, 2.75) is 51.0 Å². The molecule has 0 aromatic carbocycles. The van der Waals surface area contributed by atoms with E-state index in [-0.39, 0.29) is 24.0 Å². The van der Waals surface area contributed by atoms with E-state index in [1.54, 1.807) is 0 Å². The van der Waals surface area contributed by atoms with Gasteiger partial charge in [0.2, 0.25) is 0 Å². The van der Waals surface area contributed by atoms with E-state index in [1.807, 2.05) is 0 Å². The summed E-state index contributed by atoms with van der Waals surface area (Å²) in [5.74, 6) is 0.159. The van der Waals surface area contributed by atoms with Crippen LogP contribution in [0.1, 0.15) is 44.9 Å². The summed E-state index contributed by atoms with van der Waals surface area (Å²) in [5.41, 5.74) is 0.200. The monoisotopic (exact) mass is 184 g/mol. The quantitative estimate of drug-likeness (QED) is 0.651. The van der Waals surface area contributed by atoms with E-state index in [2.05, 4.69) is 0 Å². The number of hydrogen-bond donors (Lipinski definition) is 2. The van der Waals surface area contributed by atoms with Crippen LogP contribution in [0.15, 0.2) is 0 Å². The average molecular weight is 184 g/mol. The van der Waals surface area contributed by atoms with E-state index in [0.29, 0.717) is 0 Å². The molecule has 0 saturated heterocycles. The Bertz CT molecular complexity index is 173. The lowest BCUT2D eigenvalue weighted by molar-refractivity contribution is -0.0652. The summed E-state index contributed by atoms with van der Waals surface area (Å²) in [5, 5.41) is 19.3. The van der Waals surface area contributed by atoms with Gasteiger partial charge in [-0.2, -0.15) is 0 Å². The Morgan fingerprint density at radius 3 is 2.31 bits per heavy atom. The zero-order valence-corrected chi connectivity index (χ0v) is 8.21. The van der Waals surface area contributed by atoms with Gasteiger partial charge in [-0.1, -0.05) is 19.3 Å². The summed E-state index contributed by atoms with van der Waals surface area (Å²) in [6.07, 6.45) is 8.08. The van der Waals surface area contributed by atoms with Gasteiger partial charge in [0.25, 0.3) is 0 Å². The minimum absolute atomic E-state index is 0.159. The standard InChI is InChI=1S/C11H20O2/c12-8-9-4-3-7-11(10(9)13)5-1-2-6-11/h9-10,12-13H,1-8H2/t9-,10?/m1/s1. The topological polar surface area (TPSA) is 40.5 Å². The highest BCUT2D eigenvalue weighted by Gasteiger charge is 2.45. The summed E-state index contributed by atoms with van der Waals surface area (Å²) in [7, 11) is 0. The van der Waals surface area contributed by atoms with Gasteiger partial charge < -0.3 is 10.2 Å². The molecule has 0 amide bonds. The molecule has 2 nitrogen and oxygen atoms in total. The molecule has 0 aromatic heterocycles. The maximum absolute atomic E-state index is 10.2. The van der Waals surface area contributed by atoms with E-state index < -0.39 is 0 Å². The van der Waals surface area contributed by atoms with Crippen LogP contribution >= 0.6 is 0 Å². The normalized spacial score (nSPS) is 38.3. The highest BCUT2D eigenvalue weighted by Crippen LogP contribution is 2.50. The molecule has 0 radical (unpaired) electrons. The zero-order chi connectivity index (χ0) is 9.31. The molecular formula is C11H20O2. The molecule has 0 aliphatic heterocycles. The lowest BCUT2D eigenvalue weighted by Crippen LogP contribution is -2.43. The van der Waals surface area contributed by atoms with Gasteiger partial charge in [-0.25, -0.2) is 0 Å². The average Bonchev–Trinajstić information content (AvgIpc) is 2.60. The summed E-state index contributed by atoms with van der Waals surface area (Å²) >= 11 is 0. The van der Waals surface area contributed by atoms with E-state index >= 15 is 0 Å². The van der Waals surface area contributed by atoms with Gasteiger partial charge in [0.1, 0.15) is 0 Å². The maximum atomic E-state index is 10.2. The van der Waals surface area contributed by atoms with Crippen molar-refractivity contribution < 1.29 is 10.2 Å². The van der Waals surface area contributed by atoms with Crippen LogP contribution in [0.5, 0.6) is 0 Å². The summed E-state index contributed by atoms with van der Waals surface area (Å²) in [6.45, 7) is 0.170. The van der Waals surface area contributed by atoms with Crippen LogP contribution in [-0.2, 0) is 0 Å². The molecule has 0 heterocycles. The highest BCUT2D eigenvalue weighted by molar-refractivity contribution is 4.96. The third-order valence-corrected chi connectivity index (χ3v) is 4.16. The molecular weight excluding hydrogens is 164 g/mol. The highest BCUT2D eigenvalue weighted by atomic mass is 16.3. The number of rotatable bonds is 1. The Kier molecular flexibility index (Phi) is 2.61. The third-order valence-electron chi connectivity index (χ3n) is 4.16. The first-order valence-electron chi connectivity index (χ1n) is 5.57. The Labute approximate surface area is 80.0 Å². The summed E-state index contributed by atoms with van der Waals surface area (Å²) < 4.78 is 0. The lowest BCUT2D eigenvalue weighted by Gasteiger charge is -2.42. The molecule has 2 rings (SSSR count). The smallest absolute Gasteiger partial charge is 0.0646 e. The summed E-state index contributed by atoms with van der Waals surface area (Å²) in [4.78, 5) is 0. The zero-order valence-electron chi connectivity index (χ0n) is 8.21.